The Morgan fingerprint density at radius 3 is 2.93 bits per heavy atom. The highest BCUT2D eigenvalue weighted by Gasteiger charge is 2.16. The van der Waals surface area contributed by atoms with Gasteiger partial charge in [-0.15, -0.1) is 11.3 Å². The summed E-state index contributed by atoms with van der Waals surface area (Å²) in [5.74, 6) is 0. The molecule has 2 rings (SSSR count). The van der Waals surface area contributed by atoms with E-state index in [1.807, 2.05) is 17.1 Å². The molecule has 0 aliphatic heterocycles. The van der Waals surface area contributed by atoms with Crippen LogP contribution in [0.2, 0.25) is 0 Å². The van der Waals surface area contributed by atoms with Gasteiger partial charge in [0.05, 0.1) is 23.4 Å². The summed E-state index contributed by atoms with van der Waals surface area (Å²) >= 11 is 3.79. The quantitative estimate of drug-likeness (QED) is 0.854. The fourth-order valence-corrected chi connectivity index (χ4v) is 2.37. The van der Waals surface area contributed by atoms with Gasteiger partial charge in [-0.05, 0) is 22.6 Å². The number of hydrogen-bond acceptors (Lipinski definition) is 4. The van der Waals surface area contributed by atoms with Gasteiger partial charge in [-0.2, -0.15) is 5.10 Å². The fraction of sp³-hybridized carbons (Fsp3) is 0.250. The molecule has 0 fully saturated rings. The Labute approximate surface area is 99.3 Å². The van der Waals surface area contributed by atoms with Crippen LogP contribution in [-0.4, -0.2) is 14.8 Å². The van der Waals surface area contributed by atoms with Crippen molar-refractivity contribution in [2.45, 2.75) is 6.04 Å². The van der Waals surface area contributed by atoms with E-state index >= 15 is 0 Å². The van der Waals surface area contributed by atoms with E-state index in [4.69, 9.17) is 5.73 Å². The largest absolute Gasteiger partial charge is 0.319 e. The average Bonchev–Trinajstić information content (AvgIpc) is 2.77. The van der Waals surface area contributed by atoms with Crippen LogP contribution in [0.15, 0.2) is 17.1 Å². The topological polar surface area (TPSA) is 56.7 Å². The molecule has 0 spiro atoms. The normalized spacial score (nSPS) is 13.1. The number of nitrogens with zero attached hydrogens (tertiary/aromatic N) is 3. The Balaban J connectivity index is 2.36. The molecule has 74 valence electrons. The molecule has 2 aromatic heterocycles. The highest BCUT2D eigenvalue weighted by atomic mass is 127. The molecule has 14 heavy (non-hydrogen) atoms. The molecule has 2 N–H and O–H groups in total. The molecular formula is C8H9IN4S. The van der Waals surface area contributed by atoms with Crippen LogP contribution in [-0.2, 0) is 7.05 Å². The summed E-state index contributed by atoms with van der Waals surface area (Å²) in [6.45, 7) is 0. The molecule has 2 aromatic rings. The SMILES string of the molecule is Cn1ncc(C(N)c2cscn2)c1I. The summed E-state index contributed by atoms with van der Waals surface area (Å²) in [7, 11) is 1.90. The molecule has 0 aromatic carbocycles. The first-order valence-corrected chi connectivity index (χ1v) is 6.03. The van der Waals surface area contributed by atoms with Gasteiger partial charge in [0.15, 0.2) is 0 Å². The van der Waals surface area contributed by atoms with Crippen molar-refractivity contribution in [1.82, 2.24) is 14.8 Å². The smallest absolute Gasteiger partial charge is 0.104 e. The lowest BCUT2D eigenvalue weighted by Crippen LogP contribution is -2.13. The van der Waals surface area contributed by atoms with Crippen LogP contribution in [0.25, 0.3) is 0 Å². The van der Waals surface area contributed by atoms with E-state index in [-0.39, 0.29) is 6.04 Å². The van der Waals surface area contributed by atoms with Crippen LogP contribution in [0, 0.1) is 3.70 Å². The number of nitrogens with two attached hydrogens (primary N) is 1. The predicted octanol–water partition coefficient (Wildman–Crippen LogP) is 1.53. The molecular weight excluding hydrogens is 311 g/mol. The molecule has 1 unspecified atom stereocenters. The zero-order valence-corrected chi connectivity index (χ0v) is 10.5. The van der Waals surface area contributed by atoms with Crippen molar-refractivity contribution in [2.24, 2.45) is 12.8 Å². The third-order valence-electron chi connectivity index (χ3n) is 2.00. The Bertz CT molecular complexity index is 422. The van der Waals surface area contributed by atoms with Crippen molar-refractivity contribution < 1.29 is 0 Å². The molecule has 0 bridgehead atoms. The third-order valence-corrected chi connectivity index (χ3v) is 3.92. The minimum atomic E-state index is -0.165. The van der Waals surface area contributed by atoms with Crippen molar-refractivity contribution in [3.8, 4) is 0 Å². The lowest BCUT2D eigenvalue weighted by molar-refractivity contribution is 0.741. The Hall–Kier alpha value is -0.470. The molecule has 0 aliphatic carbocycles. The van der Waals surface area contributed by atoms with Crippen molar-refractivity contribution >= 4 is 33.9 Å². The molecule has 2 heterocycles. The second-order valence-corrected chi connectivity index (χ2v) is 4.65. The van der Waals surface area contributed by atoms with Gasteiger partial charge >= 0.3 is 0 Å². The lowest BCUT2D eigenvalue weighted by Gasteiger charge is -2.06. The van der Waals surface area contributed by atoms with E-state index < -0.39 is 0 Å². The maximum atomic E-state index is 6.06. The number of aryl methyl sites for hydroxylation is 1. The number of aromatic nitrogens is 3. The van der Waals surface area contributed by atoms with E-state index in [9.17, 15) is 0 Å². The van der Waals surface area contributed by atoms with Gasteiger partial charge < -0.3 is 5.73 Å². The zero-order valence-electron chi connectivity index (χ0n) is 7.51. The highest BCUT2D eigenvalue weighted by molar-refractivity contribution is 14.1. The summed E-state index contributed by atoms with van der Waals surface area (Å²) in [6, 6.07) is -0.165. The van der Waals surface area contributed by atoms with Gasteiger partial charge in [0.25, 0.3) is 0 Å². The molecule has 0 saturated carbocycles. The van der Waals surface area contributed by atoms with Crippen molar-refractivity contribution in [3.63, 3.8) is 0 Å². The Morgan fingerprint density at radius 2 is 2.43 bits per heavy atom. The summed E-state index contributed by atoms with van der Waals surface area (Å²) < 4.78 is 2.87. The van der Waals surface area contributed by atoms with Gasteiger partial charge in [0.1, 0.15) is 3.70 Å². The molecule has 0 radical (unpaired) electrons. The summed E-state index contributed by atoms with van der Waals surface area (Å²) in [5, 5.41) is 6.12. The lowest BCUT2D eigenvalue weighted by atomic mass is 10.1. The highest BCUT2D eigenvalue weighted by Crippen LogP contribution is 2.23. The summed E-state index contributed by atoms with van der Waals surface area (Å²) in [4.78, 5) is 4.20. The van der Waals surface area contributed by atoms with E-state index in [0.29, 0.717) is 0 Å². The van der Waals surface area contributed by atoms with Crippen LogP contribution in [0.1, 0.15) is 17.3 Å². The predicted molar refractivity (Wildman–Crippen MR) is 64.1 cm³/mol. The first kappa shape index (κ1) is 10.1. The van der Waals surface area contributed by atoms with E-state index in [1.165, 1.54) is 0 Å². The van der Waals surface area contributed by atoms with E-state index in [0.717, 1.165) is 15.0 Å². The first-order valence-electron chi connectivity index (χ1n) is 4.01. The van der Waals surface area contributed by atoms with Gasteiger partial charge in [0, 0.05) is 18.0 Å². The van der Waals surface area contributed by atoms with Gasteiger partial charge in [-0.25, -0.2) is 4.98 Å². The number of hydrogen-bond donors (Lipinski definition) is 1. The maximum Gasteiger partial charge on any atom is 0.104 e. The first-order chi connectivity index (χ1) is 6.70. The van der Waals surface area contributed by atoms with Gasteiger partial charge in [-0.3, -0.25) is 4.68 Å². The molecule has 0 aliphatic rings. The van der Waals surface area contributed by atoms with Crippen LogP contribution < -0.4 is 5.73 Å². The summed E-state index contributed by atoms with van der Waals surface area (Å²) in [6.07, 6.45) is 1.80. The monoisotopic (exact) mass is 320 g/mol. The molecule has 0 saturated heterocycles. The second kappa shape index (κ2) is 3.95. The van der Waals surface area contributed by atoms with E-state index in [2.05, 4.69) is 32.7 Å². The maximum absolute atomic E-state index is 6.06. The number of rotatable bonds is 2. The molecule has 0 amide bonds. The second-order valence-electron chi connectivity index (χ2n) is 2.91. The molecule has 4 nitrogen and oxygen atoms in total. The Morgan fingerprint density at radius 1 is 1.64 bits per heavy atom. The third kappa shape index (κ3) is 1.69. The van der Waals surface area contributed by atoms with Gasteiger partial charge in [-0.1, -0.05) is 0 Å². The Kier molecular flexibility index (Phi) is 2.84. The molecule has 1 atom stereocenters. The van der Waals surface area contributed by atoms with Crippen LogP contribution in [0.4, 0.5) is 0 Å². The standard InChI is InChI=1S/C8H9IN4S/c1-13-8(9)5(2-12-13)7(10)6-3-14-4-11-6/h2-4,7H,10H2,1H3. The van der Waals surface area contributed by atoms with Crippen LogP contribution in [0.5, 0.6) is 0 Å². The molecule has 6 heteroatoms. The minimum absolute atomic E-state index is 0.165. The summed E-state index contributed by atoms with van der Waals surface area (Å²) in [5.41, 5.74) is 9.78. The number of halogens is 1. The van der Waals surface area contributed by atoms with Crippen LogP contribution >= 0.6 is 33.9 Å². The minimum Gasteiger partial charge on any atom is -0.319 e. The van der Waals surface area contributed by atoms with Crippen molar-refractivity contribution in [1.29, 1.82) is 0 Å². The van der Waals surface area contributed by atoms with Crippen molar-refractivity contribution in [2.75, 3.05) is 0 Å². The van der Waals surface area contributed by atoms with Gasteiger partial charge in [0.2, 0.25) is 0 Å². The number of thiazole rings is 1. The zero-order chi connectivity index (χ0) is 10.1. The average molecular weight is 320 g/mol. The van der Waals surface area contributed by atoms with Crippen LogP contribution in [0.3, 0.4) is 0 Å². The fourth-order valence-electron chi connectivity index (χ4n) is 1.18. The van der Waals surface area contributed by atoms with Crippen molar-refractivity contribution in [3.05, 3.63) is 32.0 Å². The van der Waals surface area contributed by atoms with E-state index in [1.54, 1.807) is 23.0 Å².